The number of carbonyl (C=O) groups excluding carboxylic acids is 2. The molecule has 0 rings (SSSR count). The highest BCUT2D eigenvalue weighted by atomic mass is 16.5. The summed E-state index contributed by atoms with van der Waals surface area (Å²) in [6.07, 6.45) is 35.4. The van der Waals surface area contributed by atoms with Crippen molar-refractivity contribution in [3.63, 3.8) is 0 Å². The minimum Gasteiger partial charge on any atom is -0.466 e. The third-order valence-corrected chi connectivity index (χ3v) is 8.85. The molecule has 276 valence electrons. The molecule has 0 unspecified atom stereocenters. The summed E-state index contributed by atoms with van der Waals surface area (Å²) in [6, 6.07) is 0. The van der Waals surface area contributed by atoms with Crippen LogP contribution in [0.4, 0.5) is 0 Å². The number of hydrogen-bond acceptors (Lipinski definition) is 6. The summed E-state index contributed by atoms with van der Waals surface area (Å²) in [5, 5.41) is 0. The van der Waals surface area contributed by atoms with Gasteiger partial charge in [-0.25, -0.2) is 0 Å². The van der Waals surface area contributed by atoms with Crippen molar-refractivity contribution < 1.29 is 19.1 Å². The number of hydrogen-bond donors (Lipinski definition) is 0. The zero-order valence-corrected chi connectivity index (χ0v) is 31.9. The van der Waals surface area contributed by atoms with Crippen LogP contribution in [0.5, 0.6) is 0 Å². The Bertz CT molecular complexity index is 700. The van der Waals surface area contributed by atoms with Gasteiger partial charge in [0.15, 0.2) is 0 Å². The lowest BCUT2D eigenvalue weighted by molar-refractivity contribution is -0.144. The predicted octanol–water partition coefficient (Wildman–Crippen LogP) is 10.7. The molecule has 0 heterocycles. The third kappa shape index (κ3) is 35.5. The summed E-state index contributed by atoms with van der Waals surface area (Å²) in [5.41, 5.74) is 0. The monoisotopic (exact) mass is 663 g/mol. The number of esters is 2. The van der Waals surface area contributed by atoms with Gasteiger partial charge in [-0.2, -0.15) is 0 Å². The lowest BCUT2D eigenvalue weighted by Crippen LogP contribution is -2.32. The summed E-state index contributed by atoms with van der Waals surface area (Å²) < 4.78 is 10.9. The number of ether oxygens (including phenoxy) is 2. The first-order chi connectivity index (χ1) is 22.9. The van der Waals surface area contributed by atoms with Gasteiger partial charge in [0.25, 0.3) is 0 Å². The molecule has 0 aromatic carbocycles. The molecule has 6 heteroatoms. The number of rotatable bonds is 35. The normalized spacial score (nSPS) is 12.0. The average Bonchev–Trinajstić information content (AvgIpc) is 3.05. The lowest BCUT2D eigenvalue weighted by atomic mass is 9.94. The van der Waals surface area contributed by atoms with E-state index in [1.807, 2.05) is 0 Å². The molecule has 0 saturated heterocycles. The number of likely N-dealkylation sites (N-methyl/N-ethyl adjacent to an activating group) is 2. The van der Waals surface area contributed by atoms with E-state index in [1.54, 1.807) is 0 Å². The fourth-order valence-electron chi connectivity index (χ4n) is 5.77. The van der Waals surface area contributed by atoms with Crippen molar-refractivity contribution >= 4 is 11.9 Å². The molecule has 0 aliphatic rings. The van der Waals surface area contributed by atoms with Gasteiger partial charge in [0.1, 0.15) is 0 Å². The van der Waals surface area contributed by atoms with Crippen LogP contribution in [0.1, 0.15) is 168 Å². The minimum absolute atomic E-state index is 0.0594. The van der Waals surface area contributed by atoms with Gasteiger partial charge in [0, 0.05) is 32.5 Å². The molecule has 0 aromatic rings. The standard InChI is InChI=1S/C41H78N2O4/c1-6-8-10-12-14-16-18-26-32-40(44)46-36-28-22-20-24-30-39(38-43(5)35-34-42(3)4)31-25-21-23-29-37-47-41(45)33-27-19-17-15-13-11-9-7-2/h16-19,39H,6-15,20-38H2,1-5H3/b18-16+,19-17+. The fourth-order valence-corrected chi connectivity index (χ4v) is 5.77. The maximum atomic E-state index is 12.0. The molecule has 0 N–H and O–H groups in total. The first-order valence-electron chi connectivity index (χ1n) is 19.8. The Morgan fingerprint density at radius 3 is 1.40 bits per heavy atom. The van der Waals surface area contributed by atoms with E-state index in [-0.39, 0.29) is 11.9 Å². The minimum atomic E-state index is -0.0594. The molecule has 47 heavy (non-hydrogen) atoms. The smallest absolute Gasteiger partial charge is 0.306 e. The maximum Gasteiger partial charge on any atom is 0.306 e. The number of nitrogens with zero attached hydrogens (tertiary/aromatic N) is 2. The third-order valence-electron chi connectivity index (χ3n) is 8.85. The number of carbonyl (C=O) groups is 2. The van der Waals surface area contributed by atoms with E-state index in [9.17, 15) is 9.59 Å². The predicted molar refractivity (Wildman–Crippen MR) is 202 cm³/mol. The molecule has 0 bridgehead atoms. The van der Waals surface area contributed by atoms with Crippen molar-refractivity contribution in [3.8, 4) is 0 Å². The molecule has 0 aliphatic carbocycles. The van der Waals surface area contributed by atoms with Gasteiger partial charge in [-0.05, 0) is 91.3 Å². The second-order valence-electron chi connectivity index (χ2n) is 14.0. The molecule has 0 amide bonds. The maximum absolute atomic E-state index is 12.0. The Labute approximate surface area is 292 Å². The van der Waals surface area contributed by atoms with Gasteiger partial charge in [0.2, 0.25) is 0 Å². The van der Waals surface area contributed by atoms with E-state index in [4.69, 9.17) is 9.47 Å². The van der Waals surface area contributed by atoms with Gasteiger partial charge < -0.3 is 19.3 Å². The highest BCUT2D eigenvalue weighted by Crippen LogP contribution is 2.20. The van der Waals surface area contributed by atoms with Crippen LogP contribution in [0.3, 0.4) is 0 Å². The fraction of sp³-hybridized carbons (Fsp3) is 0.854. The zero-order valence-electron chi connectivity index (χ0n) is 31.9. The van der Waals surface area contributed by atoms with Crippen LogP contribution in [0, 0.1) is 5.92 Å². The molecular formula is C41H78N2O4. The van der Waals surface area contributed by atoms with Crippen LogP contribution < -0.4 is 0 Å². The molecular weight excluding hydrogens is 584 g/mol. The van der Waals surface area contributed by atoms with E-state index >= 15 is 0 Å². The molecule has 0 atom stereocenters. The number of allylic oxidation sites excluding steroid dienone is 4. The molecule has 0 aromatic heterocycles. The van der Waals surface area contributed by atoms with Gasteiger partial charge >= 0.3 is 11.9 Å². The number of unbranched alkanes of at least 4 members (excludes halogenated alkanes) is 14. The van der Waals surface area contributed by atoms with Gasteiger partial charge in [-0.3, -0.25) is 9.59 Å². The van der Waals surface area contributed by atoms with Crippen LogP contribution in [0.2, 0.25) is 0 Å². The Hall–Kier alpha value is -1.66. The van der Waals surface area contributed by atoms with Crippen LogP contribution in [0.25, 0.3) is 0 Å². The van der Waals surface area contributed by atoms with Gasteiger partial charge in [-0.15, -0.1) is 0 Å². The largest absolute Gasteiger partial charge is 0.466 e. The molecule has 0 spiro atoms. The Morgan fingerprint density at radius 2 is 0.957 bits per heavy atom. The SMILES string of the molecule is CCCCCC/C=C/CCC(=O)OCCCCCCC(CCCCCCOC(=O)CC/C=C/CCCCCC)CN(C)CCN(C)C. The van der Waals surface area contributed by atoms with Gasteiger partial charge in [0.05, 0.1) is 13.2 Å². The van der Waals surface area contributed by atoms with Crippen molar-refractivity contribution in [1.29, 1.82) is 0 Å². The average molecular weight is 663 g/mol. The van der Waals surface area contributed by atoms with Crippen molar-refractivity contribution in [1.82, 2.24) is 9.80 Å². The molecule has 0 aliphatic heterocycles. The Morgan fingerprint density at radius 1 is 0.532 bits per heavy atom. The van der Waals surface area contributed by atoms with E-state index in [2.05, 4.69) is 69.1 Å². The van der Waals surface area contributed by atoms with Crippen LogP contribution in [-0.2, 0) is 19.1 Å². The van der Waals surface area contributed by atoms with E-state index in [1.165, 1.54) is 89.9 Å². The summed E-state index contributed by atoms with van der Waals surface area (Å²) in [6.45, 7) is 8.93. The van der Waals surface area contributed by atoms with Crippen molar-refractivity contribution in [3.05, 3.63) is 24.3 Å². The molecule has 0 saturated carbocycles. The summed E-state index contributed by atoms with van der Waals surface area (Å²) in [5.74, 6) is 0.601. The van der Waals surface area contributed by atoms with E-state index in [0.29, 0.717) is 26.1 Å². The molecule has 6 nitrogen and oxygen atoms in total. The van der Waals surface area contributed by atoms with Gasteiger partial charge in [-0.1, -0.05) is 115 Å². The van der Waals surface area contributed by atoms with E-state index in [0.717, 1.165) is 76.9 Å². The van der Waals surface area contributed by atoms with E-state index < -0.39 is 0 Å². The summed E-state index contributed by atoms with van der Waals surface area (Å²) in [4.78, 5) is 28.8. The quantitative estimate of drug-likeness (QED) is 0.0382. The topological polar surface area (TPSA) is 59.1 Å². The second-order valence-corrected chi connectivity index (χ2v) is 14.0. The first kappa shape index (κ1) is 45.3. The Kier molecular flexibility index (Phi) is 34.4. The highest BCUT2D eigenvalue weighted by molar-refractivity contribution is 5.69. The second kappa shape index (κ2) is 35.6. The first-order valence-corrected chi connectivity index (χ1v) is 19.8. The lowest BCUT2D eigenvalue weighted by Gasteiger charge is -2.25. The van der Waals surface area contributed by atoms with Crippen molar-refractivity contribution in [2.75, 3.05) is 54.0 Å². The van der Waals surface area contributed by atoms with Crippen molar-refractivity contribution in [2.45, 2.75) is 168 Å². The van der Waals surface area contributed by atoms with Crippen LogP contribution >= 0.6 is 0 Å². The summed E-state index contributed by atoms with van der Waals surface area (Å²) >= 11 is 0. The molecule has 0 fully saturated rings. The zero-order chi connectivity index (χ0) is 34.6. The summed E-state index contributed by atoms with van der Waals surface area (Å²) in [7, 11) is 6.54. The van der Waals surface area contributed by atoms with Crippen LogP contribution in [-0.4, -0.2) is 75.7 Å². The molecule has 0 radical (unpaired) electrons. The Balaban J connectivity index is 4.05. The highest BCUT2D eigenvalue weighted by Gasteiger charge is 2.12. The van der Waals surface area contributed by atoms with Crippen LogP contribution in [0.15, 0.2) is 24.3 Å². The van der Waals surface area contributed by atoms with Crippen molar-refractivity contribution in [2.24, 2.45) is 5.92 Å².